The molecule has 122 valence electrons. The summed E-state index contributed by atoms with van der Waals surface area (Å²) < 4.78 is 8.93. The summed E-state index contributed by atoms with van der Waals surface area (Å²) in [6.07, 6.45) is 2.63. The van der Waals surface area contributed by atoms with E-state index >= 15 is 0 Å². The highest BCUT2D eigenvalue weighted by Gasteiger charge is 2.29. The molecular formula is C14H19IN2O5. The highest BCUT2D eigenvalue weighted by molar-refractivity contribution is 14.1. The number of aromatic nitrogens is 2. The fourth-order valence-corrected chi connectivity index (χ4v) is 3.36. The molecule has 0 N–H and O–H groups in total. The Morgan fingerprint density at radius 3 is 2.09 bits per heavy atom. The monoisotopic (exact) mass is 422 g/mol. The standard InChI is InChI=1S/C12H19IN2O.2CO2/c1-4-9-10(5-2)15(14-12(9)13)11-7-16-6-8(11)3;2*2-1-3/h8,11H,4-7H2,1-3H3;;/t8-,11+;;/m1../s1. The Hall–Kier alpha value is -1.34. The maximum absolute atomic E-state index is 8.12. The van der Waals surface area contributed by atoms with E-state index in [0.717, 1.165) is 29.8 Å². The van der Waals surface area contributed by atoms with Gasteiger partial charge in [0.1, 0.15) is 3.70 Å². The van der Waals surface area contributed by atoms with Crippen molar-refractivity contribution >= 4 is 34.9 Å². The van der Waals surface area contributed by atoms with Gasteiger partial charge in [0.05, 0.1) is 19.3 Å². The first-order valence-electron chi connectivity index (χ1n) is 6.84. The van der Waals surface area contributed by atoms with Crippen LogP contribution in [-0.4, -0.2) is 35.3 Å². The zero-order valence-corrected chi connectivity index (χ0v) is 15.0. The minimum absolute atomic E-state index is 0.250. The van der Waals surface area contributed by atoms with Gasteiger partial charge >= 0.3 is 12.3 Å². The summed E-state index contributed by atoms with van der Waals surface area (Å²) in [6, 6.07) is 0.434. The molecule has 1 fully saturated rings. The first kappa shape index (κ1) is 20.7. The van der Waals surface area contributed by atoms with Gasteiger partial charge in [0.15, 0.2) is 0 Å². The second kappa shape index (κ2) is 11.3. The number of hydrogen-bond acceptors (Lipinski definition) is 6. The Kier molecular flexibility index (Phi) is 10.6. The molecule has 0 radical (unpaired) electrons. The van der Waals surface area contributed by atoms with Crippen LogP contribution in [0.1, 0.15) is 38.1 Å². The lowest BCUT2D eigenvalue weighted by Gasteiger charge is -2.17. The van der Waals surface area contributed by atoms with Gasteiger partial charge in [-0.1, -0.05) is 20.8 Å². The topological polar surface area (TPSA) is 95.3 Å². The van der Waals surface area contributed by atoms with Crippen molar-refractivity contribution < 1.29 is 23.9 Å². The minimum Gasteiger partial charge on any atom is -0.379 e. The zero-order valence-electron chi connectivity index (χ0n) is 12.8. The Labute approximate surface area is 142 Å². The van der Waals surface area contributed by atoms with Crippen LogP contribution in [0.2, 0.25) is 0 Å². The van der Waals surface area contributed by atoms with Crippen molar-refractivity contribution in [2.45, 2.75) is 39.7 Å². The van der Waals surface area contributed by atoms with E-state index in [1.165, 1.54) is 11.3 Å². The zero-order chi connectivity index (χ0) is 17.1. The minimum atomic E-state index is 0.250. The van der Waals surface area contributed by atoms with Crippen molar-refractivity contribution in [1.82, 2.24) is 9.78 Å². The molecule has 1 aromatic rings. The van der Waals surface area contributed by atoms with Gasteiger partial charge in [-0.3, -0.25) is 4.68 Å². The Morgan fingerprint density at radius 1 is 1.18 bits per heavy atom. The Morgan fingerprint density at radius 2 is 1.73 bits per heavy atom. The highest BCUT2D eigenvalue weighted by Crippen LogP contribution is 2.29. The molecule has 1 aromatic heterocycles. The van der Waals surface area contributed by atoms with E-state index in [4.69, 9.17) is 29.0 Å². The average Bonchev–Trinajstić information content (AvgIpc) is 3.03. The number of halogens is 1. The molecule has 2 atom stereocenters. The van der Waals surface area contributed by atoms with Gasteiger partial charge in [-0.2, -0.15) is 24.3 Å². The fourth-order valence-electron chi connectivity index (χ4n) is 2.43. The highest BCUT2D eigenvalue weighted by atomic mass is 127. The van der Waals surface area contributed by atoms with Crippen LogP contribution in [-0.2, 0) is 36.8 Å². The second-order valence-electron chi connectivity index (χ2n) is 4.62. The summed E-state index contributed by atoms with van der Waals surface area (Å²) in [4.78, 5) is 32.5. The van der Waals surface area contributed by atoms with Crippen molar-refractivity contribution in [3.8, 4) is 0 Å². The third-order valence-corrected chi connectivity index (χ3v) is 4.27. The van der Waals surface area contributed by atoms with Crippen LogP contribution in [0, 0.1) is 9.62 Å². The van der Waals surface area contributed by atoms with Crippen molar-refractivity contribution in [1.29, 1.82) is 0 Å². The molecule has 0 unspecified atom stereocenters. The summed E-state index contributed by atoms with van der Waals surface area (Å²) >= 11 is 2.35. The summed E-state index contributed by atoms with van der Waals surface area (Å²) in [7, 11) is 0. The van der Waals surface area contributed by atoms with Crippen LogP contribution >= 0.6 is 22.6 Å². The lowest BCUT2D eigenvalue weighted by atomic mass is 10.1. The largest absolute Gasteiger partial charge is 0.379 e. The van der Waals surface area contributed by atoms with E-state index in [-0.39, 0.29) is 12.3 Å². The first-order chi connectivity index (χ1) is 10.5. The lowest BCUT2D eigenvalue weighted by Crippen LogP contribution is -2.19. The SMILES string of the molecule is CCc1c(I)nn([C@H]2COC[C@H]2C)c1CC.O=C=O.O=C=O. The maximum Gasteiger partial charge on any atom is 0.373 e. The molecular weight excluding hydrogens is 403 g/mol. The summed E-state index contributed by atoms with van der Waals surface area (Å²) in [5.74, 6) is 0.575. The third kappa shape index (κ3) is 5.46. The first-order valence-corrected chi connectivity index (χ1v) is 7.92. The van der Waals surface area contributed by atoms with Crippen LogP contribution in [0.5, 0.6) is 0 Å². The molecule has 8 heteroatoms. The molecule has 0 saturated carbocycles. The van der Waals surface area contributed by atoms with E-state index in [1.807, 2.05) is 0 Å². The smallest absolute Gasteiger partial charge is 0.373 e. The Bertz CT molecular complexity index is 520. The quantitative estimate of drug-likeness (QED) is 0.688. The number of hydrogen-bond donors (Lipinski definition) is 0. The molecule has 0 bridgehead atoms. The molecule has 2 rings (SSSR count). The second-order valence-corrected chi connectivity index (χ2v) is 5.64. The van der Waals surface area contributed by atoms with Gasteiger partial charge in [0.2, 0.25) is 0 Å². The molecule has 0 spiro atoms. The number of carbonyl (C=O) groups excluding carboxylic acids is 4. The van der Waals surface area contributed by atoms with Crippen molar-refractivity contribution in [2.24, 2.45) is 5.92 Å². The van der Waals surface area contributed by atoms with Gasteiger partial charge < -0.3 is 4.74 Å². The van der Waals surface area contributed by atoms with Gasteiger partial charge in [-0.15, -0.1) is 0 Å². The molecule has 1 aliphatic heterocycles. The fraction of sp³-hybridized carbons (Fsp3) is 0.643. The summed E-state index contributed by atoms with van der Waals surface area (Å²) in [5.41, 5.74) is 2.82. The third-order valence-electron chi connectivity index (χ3n) is 3.40. The molecule has 22 heavy (non-hydrogen) atoms. The van der Waals surface area contributed by atoms with Crippen LogP contribution in [0.25, 0.3) is 0 Å². The summed E-state index contributed by atoms with van der Waals surface area (Å²) in [6.45, 7) is 8.35. The molecule has 0 aliphatic carbocycles. The number of nitrogens with zero attached hydrogens (tertiary/aromatic N) is 2. The van der Waals surface area contributed by atoms with Crippen LogP contribution in [0.3, 0.4) is 0 Å². The van der Waals surface area contributed by atoms with Gasteiger partial charge in [0, 0.05) is 17.2 Å². The normalized spacial score (nSPS) is 19.1. The van der Waals surface area contributed by atoms with Crippen LogP contribution in [0.4, 0.5) is 0 Å². The van der Waals surface area contributed by atoms with Gasteiger partial charge in [0.25, 0.3) is 0 Å². The molecule has 0 aromatic carbocycles. The molecule has 0 amide bonds. The number of rotatable bonds is 3. The van der Waals surface area contributed by atoms with Crippen molar-refractivity contribution in [3.63, 3.8) is 0 Å². The average molecular weight is 422 g/mol. The molecule has 1 saturated heterocycles. The molecule has 2 heterocycles. The van der Waals surface area contributed by atoms with Crippen molar-refractivity contribution in [2.75, 3.05) is 13.2 Å². The summed E-state index contributed by atoms with van der Waals surface area (Å²) in [5, 5.41) is 4.71. The van der Waals surface area contributed by atoms with Gasteiger partial charge in [-0.25, -0.2) is 0 Å². The predicted octanol–water partition coefficient (Wildman–Crippen LogP) is 1.65. The van der Waals surface area contributed by atoms with E-state index in [9.17, 15) is 0 Å². The number of ether oxygens (including phenoxy) is 1. The van der Waals surface area contributed by atoms with E-state index in [0.29, 0.717) is 12.0 Å². The van der Waals surface area contributed by atoms with E-state index in [2.05, 4.69) is 48.0 Å². The van der Waals surface area contributed by atoms with Gasteiger partial charge in [-0.05, 0) is 35.4 Å². The molecule has 1 aliphatic rings. The maximum atomic E-state index is 8.12. The van der Waals surface area contributed by atoms with Crippen molar-refractivity contribution in [3.05, 3.63) is 15.0 Å². The lowest BCUT2D eigenvalue weighted by molar-refractivity contribution is -0.193. The van der Waals surface area contributed by atoms with E-state index in [1.54, 1.807) is 0 Å². The van der Waals surface area contributed by atoms with Crippen LogP contribution < -0.4 is 0 Å². The Balaban J connectivity index is 0.000000639. The molecule has 7 nitrogen and oxygen atoms in total. The predicted molar refractivity (Wildman–Crippen MR) is 82.7 cm³/mol. The van der Waals surface area contributed by atoms with Crippen LogP contribution in [0.15, 0.2) is 0 Å². The van der Waals surface area contributed by atoms with E-state index < -0.39 is 0 Å².